The largest absolute Gasteiger partial charge is 0.358 e. The number of hydrogen-bond acceptors (Lipinski definition) is 7. The van der Waals surface area contributed by atoms with Gasteiger partial charge < -0.3 is 16.0 Å². The summed E-state index contributed by atoms with van der Waals surface area (Å²) in [4.78, 5) is 12.4. The molecule has 0 fully saturated rings. The molecule has 0 bridgehead atoms. The Kier molecular flexibility index (Phi) is 8.02. The maximum absolute atomic E-state index is 12.4. The second-order valence-electron chi connectivity index (χ2n) is 5.97. The van der Waals surface area contributed by atoms with Crippen molar-refractivity contribution in [2.24, 2.45) is 11.5 Å². The van der Waals surface area contributed by atoms with Gasteiger partial charge in [0.2, 0.25) is 0 Å². The second-order valence-corrected chi connectivity index (χ2v) is 5.97. The summed E-state index contributed by atoms with van der Waals surface area (Å²) in [7, 11) is 0. The van der Waals surface area contributed by atoms with Gasteiger partial charge in [-0.05, 0) is 61.6 Å². The molecule has 2 aromatic carbocycles. The van der Waals surface area contributed by atoms with Gasteiger partial charge >= 0.3 is 0 Å². The number of carbonyl (C=O) groups is 1. The van der Waals surface area contributed by atoms with Gasteiger partial charge in [0.1, 0.15) is 12.6 Å². The van der Waals surface area contributed by atoms with E-state index in [-0.39, 0.29) is 18.5 Å². The number of anilines is 3. The van der Waals surface area contributed by atoms with E-state index in [1.165, 1.54) is 0 Å². The van der Waals surface area contributed by atoms with Gasteiger partial charge in [-0.2, -0.15) is 0 Å². The average molecular weight is 371 g/mol. The minimum absolute atomic E-state index is 0.178. The Balaban J connectivity index is 1.90. The Labute approximate surface area is 160 Å². The minimum Gasteiger partial charge on any atom is -0.358 e. The van der Waals surface area contributed by atoms with Gasteiger partial charge in [0.05, 0.1) is 0 Å². The number of rotatable bonds is 10. The standard InChI is InChI=1S/C19H29N7O/c1-3-22-18(20)25-15-7-5-13(6-8-15)17(27)24-14-9-11-16(12-10-14)26-19(21)23-4-2/h5-12,18-19,22-23,25-26H,3-4,20-21H2,1-2H3,(H,24,27). The molecule has 1 amide bonds. The molecule has 146 valence electrons. The summed E-state index contributed by atoms with van der Waals surface area (Å²) in [5, 5.41) is 15.2. The third kappa shape index (κ3) is 6.87. The van der Waals surface area contributed by atoms with Crippen LogP contribution in [-0.2, 0) is 0 Å². The Morgan fingerprint density at radius 3 is 1.63 bits per heavy atom. The Bertz CT molecular complexity index is 703. The van der Waals surface area contributed by atoms with Crippen LogP contribution in [0, 0.1) is 0 Å². The SMILES string of the molecule is CCNC(N)Nc1ccc(NC(=O)c2ccc(NC(N)NCC)cc2)cc1. The molecule has 0 aliphatic heterocycles. The summed E-state index contributed by atoms with van der Waals surface area (Å²) in [5.41, 5.74) is 14.7. The molecule has 0 aliphatic carbocycles. The van der Waals surface area contributed by atoms with Crippen LogP contribution in [0.5, 0.6) is 0 Å². The fourth-order valence-corrected chi connectivity index (χ4v) is 2.47. The molecular weight excluding hydrogens is 342 g/mol. The fraction of sp³-hybridized carbons (Fsp3) is 0.316. The quantitative estimate of drug-likeness (QED) is 0.315. The van der Waals surface area contributed by atoms with Gasteiger partial charge in [0, 0.05) is 22.6 Å². The Hall–Kier alpha value is -2.65. The monoisotopic (exact) mass is 371 g/mol. The van der Waals surface area contributed by atoms with Crippen molar-refractivity contribution in [2.75, 3.05) is 29.0 Å². The number of benzene rings is 2. The van der Waals surface area contributed by atoms with Crippen molar-refractivity contribution >= 4 is 23.0 Å². The van der Waals surface area contributed by atoms with Crippen molar-refractivity contribution in [1.82, 2.24) is 10.6 Å². The van der Waals surface area contributed by atoms with Crippen molar-refractivity contribution < 1.29 is 4.79 Å². The molecule has 2 rings (SSSR count). The molecule has 2 unspecified atom stereocenters. The lowest BCUT2D eigenvalue weighted by molar-refractivity contribution is 0.102. The summed E-state index contributed by atoms with van der Waals surface area (Å²) in [6.45, 7) is 5.51. The molecule has 8 heteroatoms. The van der Waals surface area contributed by atoms with Crippen LogP contribution in [0.15, 0.2) is 48.5 Å². The van der Waals surface area contributed by atoms with Gasteiger partial charge in [-0.3, -0.25) is 26.9 Å². The van der Waals surface area contributed by atoms with Gasteiger partial charge in [-0.15, -0.1) is 0 Å². The molecule has 0 saturated carbocycles. The van der Waals surface area contributed by atoms with Crippen molar-refractivity contribution in [3.8, 4) is 0 Å². The number of carbonyl (C=O) groups excluding carboxylic acids is 1. The van der Waals surface area contributed by atoms with Crippen LogP contribution in [0.1, 0.15) is 24.2 Å². The topological polar surface area (TPSA) is 129 Å². The highest BCUT2D eigenvalue weighted by atomic mass is 16.1. The van der Waals surface area contributed by atoms with E-state index < -0.39 is 0 Å². The zero-order valence-electron chi connectivity index (χ0n) is 15.8. The molecule has 9 N–H and O–H groups in total. The van der Waals surface area contributed by atoms with E-state index >= 15 is 0 Å². The van der Waals surface area contributed by atoms with Crippen LogP contribution in [0.3, 0.4) is 0 Å². The van der Waals surface area contributed by atoms with Crippen molar-refractivity contribution in [3.63, 3.8) is 0 Å². The molecule has 0 saturated heterocycles. The molecule has 27 heavy (non-hydrogen) atoms. The minimum atomic E-state index is -0.331. The van der Waals surface area contributed by atoms with E-state index in [2.05, 4.69) is 26.6 Å². The average Bonchev–Trinajstić information content (AvgIpc) is 2.64. The predicted molar refractivity (Wildman–Crippen MR) is 111 cm³/mol. The molecule has 2 atom stereocenters. The van der Waals surface area contributed by atoms with E-state index in [0.29, 0.717) is 11.3 Å². The molecular formula is C19H29N7O. The maximum Gasteiger partial charge on any atom is 0.255 e. The first-order valence-electron chi connectivity index (χ1n) is 9.04. The highest BCUT2D eigenvalue weighted by molar-refractivity contribution is 6.04. The third-order valence-electron chi connectivity index (χ3n) is 3.78. The van der Waals surface area contributed by atoms with Crippen LogP contribution < -0.4 is 38.1 Å². The van der Waals surface area contributed by atoms with Crippen LogP contribution in [0.4, 0.5) is 17.1 Å². The summed E-state index contributed by atoms with van der Waals surface area (Å²) in [5.74, 6) is -0.178. The molecule has 0 aromatic heterocycles. The lowest BCUT2D eigenvalue weighted by atomic mass is 10.2. The van der Waals surface area contributed by atoms with Crippen molar-refractivity contribution in [1.29, 1.82) is 0 Å². The van der Waals surface area contributed by atoms with E-state index in [4.69, 9.17) is 11.5 Å². The second kappa shape index (κ2) is 10.5. The van der Waals surface area contributed by atoms with Crippen LogP contribution in [0.2, 0.25) is 0 Å². The van der Waals surface area contributed by atoms with Gasteiger partial charge in [-0.25, -0.2) is 0 Å². The van der Waals surface area contributed by atoms with E-state index in [1.54, 1.807) is 12.1 Å². The van der Waals surface area contributed by atoms with Gasteiger partial charge in [-0.1, -0.05) is 13.8 Å². The van der Waals surface area contributed by atoms with E-state index in [0.717, 1.165) is 24.5 Å². The Morgan fingerprint density at radius 1 is 0.778 bits per heavy atom. The molecule has 2 aromatic rings. The number of nitrogens with one attached hydrogen (secondary N) is 5. The summed E-state index contributed by atoms with van der Waals surface area (Å²) in [6.07, 6.45) is -0.648. The summed E-state index contributed by atoms with van der Waals surface area (Å²) >= 11 is 0. The zero-order valence-corrected chi connectivity index (χ0v) is 15.8. The van der Waals surface area contributed by atoms with E-state index in [9.17, 15) is 4.79 Å². The predicted octanol–water partition coefficient (Wildman–Crippen LogP) is 1.47. The fourth-order valence-electron chi connectivity index (χ4n) is 2.47. The Morgan fingerprint density at radius 2 is 1.19 bits per heavy atom. The zero-order chi connectivity index (χ0) is 19.6. The lowest BCUT2D eigenvalue weighted by Gasteiger charge is -2.16. The van der Waals surface area contributed by atoms with Crippen molar-refractivity contribution in [3.05, 3.63) is 54.1 Å². The maximum atomic E-state index is 12.4. The number of nitrogens with two attached hydrogens (primary N) is 2. The van der Waals surface area contributed by atoms with Crippen molar-refractivity contribution in [2.45, 2.75) is 26.4 Å². The first-order valence-corrected chi connectivity index (χ1v) is 9.04. The lowest BCUT2D eigenvalue weighted by Crippen LogP contribution is -2.43. The first kappa shape index (κ1) is 20.7. The van der Waals surface area contributed by atoms with Crippen LogP contribution >= 0.6 is 0 Å². The molecule has 0 radical (unpaired) electrons. The van der Waals surface area contributed by atoms with Crippen LogP contribution in [-0.4, -0.2) is 31.6 Å². The number of hydrogen-bond donors (Lipinski definition) is 7. The summed E-state index contributed by atoms with van der Waals surface area (Å²) in [6, 6.07) is 14.5. The smallest absolute Gasteiger partial charge is 0.255 e. The highest BCUT2D eigenvalue weighted by Crippen LogP contribution is 2.16. The highest BCUT2D eigenvalue weighted by Gasteiger charge is 2.07. The normalized spacial score (nSPS) is 12.9. The van der Waals surface area contributed by atoms with Gasteiger partial charge in [0.15, 0.2) is 0 Å². The van der Waals surface area contributed by atoms with Crippen LogP contribution in [0.25, 0.3) is 0 Å². The van der Waals surface area contributed by atoms with E-state index in [1.807, 2.05) is 50.2 Å². The molecule has 0 spiro atoms. The number of amides is 1. The third-order valence-corrected chi connectivity index (χ3v) is 3.78. The first-order chi connectivity index (χ1) is 13.0. The molecule has 0 heterocycles. The molecule has 8 nitrogen and oxygen atoms in total. The molecule has 0 aliphatic rings. The van der Waals surface area contributed by atoms with Gasteiger partial charge in [0.25, 0.3) is 5.91 Å². The summed E-state index contributed by atoms with van der Waals surface area (Å²) < 4.78 is 0.